The zero-order valence-electron chi connectivity index (χ0n) is 7.00. The first kappa shape index (κ1) is 8.53. The molecule has 0 aromatic rings. The Kier molecular flexibility index (Phi) is 1.92. The van der Waals surface area contributed by atoms with Gasteiger partial charge in [0.25, 0.3) is 0 Å². The monoisotopic (exact) mass is 157 g/mol. The van der Waals surface area contributed by atoms with Crippen LogP contribution in [0.5, 0.6) is 0 Å². The summed E-state index contributed by atoms with van der Waals surface area (Å²) in [6.45, 7) is 4.09. The number of carboxylic acid groups (broad SMARTS) is 1. The first-order chi connectivity index (χ1) is 4.97. The summed E-state index contributed by atoms with van der Waals surface area (Å²) in [6.07, 6.45) is 1.10. The molecule has 1 aliphatic rings. The molecule has 0 amide bonds. The Balaban J connectivity index is 2.40. The van der Waals surface area contributed by atoms with E-state index in [0.717, 1.165) is 6.42 Å². The number of hydrogen-bond donors (Lipinski definition) is 2. The number of carbonyl (C=O) groups is 1. The SMILES string of the molecule is CC(C)[C@]1(N)CC1CC(=O)O. The summed E-state index contributed by atoms with van der Waals surface area (Å²) in [4.78, 5) is 10.3. The molecule has 0 spiro atoms. The molecule has 0 aromatic heterocycles. The minimum Gasteiger partial charge on any atom is -0.481 e. The van der Waals surface area contributed by atoms with Crippen molar-refractivity contribution in [2.45, 2.75) is 32.2 Å². The standard InChI is InChI=1S/C8H15NO2/c1-5(2)8(9)4-6(8)3-7(10)11/h5-6H,3-4,9H2,1-2H3,(H,10,11)/t6?,8-/m1/s1. The second kappa shape index (κ2) is 2.48. The third-order valence-corrected chi connectivity index (χ3v) is 2.70. The highest BCUT2D eigenvalue weighted by Gasteiger charge is 2.53. The van der Waals surface area contributed by atoms with Crippen LogP contribution in [0.15, 0.2) is 0 Å². The summed E-state index contributed by atoms with van der Waals surface area (Å²) < 4.78 is 0. The Morgan fingerprint density at radius 1 is 1.82 bits per heavy atom. The lowest BCUT2D eigenvalue weighted by Gasteiger charge is -2.14. The number of rotatable bonds is 3. The number of nitrogens with two attached hydrogens (primary N) is 1. The van der Waals surface area contributed by atoms with Crippen molar-refractivity contribution in [1.82, 2.24) is 0 Å². The zero-order valence-corrected chi connectivity index (χ0v) is 7.00. The smallest absolute Gasteiger partial charge is 0.303 e. The molecule has 2 atom stereocenters. The van der Waals surface area contributed by atoms with E-state index in [9.17, 15) is 4.79 Å². The molecule has 3 N–H and O–H groups in total. The summed E-state index contributed by atoms with van der Waals surface area (Å²) in [5, 5.41) is 8.48. The van der Waals surface area contributed by atoms with Crippen LogP contribution in [0.3, 0.4) is 0 Å². The minimum absolute atomic E-state index is 0.182. The molecule has 0 bridgehead atoms. The van der Waals surface area contributed by atoms with Gasteiger partial charge in [-0.3, -0.25) is 4.79 Å². The second-order valence-electron chi connectivity index (χ2n) is 3.77. The second-order valence-corrected chi connectivity index (χ2v) is 3.77. The Bertz CT molecular complexity index is 179. The largest absolute Gasteiger partial charge is 0.481 e. The first-order valence-corrected chi connectivity index (χ1v) is 3.97. The Morgan fingerprint density at radius 3 is 2.64 bits per heavy atom. The molecule has 64 valence electrons. The van der Waals surface area contributed by atoms with Crippen molar-refractivity contribution in [2.75, 3.05) is 0 Å². The predicted octanol–water partition coefficient (Wildman–Crippen LogP) is 0.834. The summed E-state index contributed by atoms with van der Waals surface area (Å²) >= 11 is 0. The molecule has 3 heteroatoms. The molecule has 1 saturated carbocycles. The van der Waals surface area contributed by atoms with Gasteiger partial charge in [0.15, 0.2) is 0 Å². The molecule has 0 aliphatic heterocycles. The average molecular weight is 157 g/mol. The maximum Gasteiger partial charge on any atom is 0.303 e. The van der Waals surface area contributed by atoms with Gasteiger partial charge in [-0.2, -0.15) is 0 Å². The van der Waals surface area contributed by atoms with E-state index < -0.39 is 5.97 Å². The average Bonchev–Trinajstić information content (AvgIpc) is 2.42. The number of hydrogen-bond acceptors (Lipinski definition) is 2. The van der Waals surface area contributed by atoms with E-state index >= 15 is 0 Å². The highest BCUT2D eigenvalue weighted by molar-refractivity contribution is 5.68. The molecule has 1 fully saturated rings. The van der Waals surface area contributed by atoms with Gasteiger partial charge in [-0.15, -0.1) is 0 Å². The van der Waals surface area contributed by atoms with Gasteiger partial charge in [0.1, 0.15) is 0 Å². The van der Waals surface area contributed by atoms with Crippen molar-refractivity contribution < 1.29 is 9.90 Å². The van der Waals surface area contributed by atoms with Crippen LogP contribution in [0.1, 0.15) is 26.7 Å². The quantitative estimate of drug-likeness (QED) is 0.638. The van der Waals surface area contributed by atoms with Crippen LogP contribution in [0, 0.1) is 11.8 Å². The van der Waals surface area contributed by atoms with Crippen LogP contribution < -0.4 is 5.73 Å². The molecule has 1 aliphatic carbocycles. The van der Waals surface area contributed by atoms with Crippen molar-refractivity contribution in [3.05, 3.63) is 0 Å². The summed E-state index contributed by atoms with van der Waals surface area (Å²) in [6, 6.07) is 0. The van der Waals surface area contributed by atoms with Crippen LogP contribution >= 0.6 is 0 Å². The van der Waals surface area contributed by atoms with Gasteiger partial charge in [0, 0.05) is 12.0 Å². The molecule has 0 aromatic carbocycles. The fourth-order valence-electron chi connectivity index (χ4n) is 1.55. The van der Waals surface area contributed by atoms with Crippen molar-refractivity contribution in [1.29, 1.82) is 0 Å². The van der Waals surface area contributed by atoms with Gasteiger partial charge >= 0.3 is 5.97 Å². The molecule has 0 saturated heterocycles. The Labute approximate surface area is 66.6 Å². The van der Waals surface area contributed by atoms with E-state index in [-0.39, 0.29) is 17.9 Å². The topological polar surface area (TPSA) is 63.3 Å². The lowest BCUT2D eigenvalue weighted by Crippen LogP contribution is -2.31. The van der Waals surface area contributed by atoms with Crippen molar-refractivity contribution >= 4 is 5.97 Å². The molecule has 3 nitrogen and oxygen atoms in total. The van der Waals surface area contributed by atoms with Gasteiger partial charge in [0.2, 0.25) is 0 Å². The number of aliphatic carboxylic acids is 1. The predicted molar refractivity (Wildman–Crippen MR) is 42.1 cm³/mol. The fraction of sp³-hybridized carbons (Fsp3) is 0.875. The lowest BCUT2D eigenvalue weighted by molar-refractivity contribution is -0.137. The van der Waals surface area contributed by atoms with Crippen molar-refractivity contribution in [3.63, 3.8) is 0 Å². The van der Waals surface area contributed by atoms with Crippen molar-refractivity contribution in [2.24, 2.45) is 17.6 Å². The van der Waals surface area contributed by atoms with Crippen LogP contribution in [-0.2, 0) is 4.79 Å². The highest BCUT2D eigenvalue weighted by Crippen LogP contribution is 2.48. The van der Waals surface area contributed by atoms with E-state index in [0.29, 0.717) is 5.92 Å². The van der Waals surface area contributed by atoms with Crippen LogP contribution in [0.25, 0.3) is 0 Å². The van der Waals surface area contributed by atoms with Gasteiger partial charge in [0.05, 0.1) is 0 Å². The molecular weight excluding hydrogens is 142 g/mol. The van der Waals surface area contributed by atoms with Crippen molar-refractivity contribution in [3.8, 4) is 0 Å². The van der Waals surface area contributed by atoms with Crippen LogP contribution in [0.4, 0.5) is 0 Å². The molecule has 1 rings (SSSR count). The van der Waals surface area contributed by atoms with E-state index in [1.807, 2.05) is 13.8 Å². The Morgan fingerprint density at radius 2 is 2.36 bits per heavy atom. The third-order valence-electron chi connectivity index (χ3n) is 2.70. The van der Waals surface area contributed by atoms with Gasteiger partial charge in [-0.05, 0) is 18.3 Å². The highest BCUT2D eigenvalue weighted by atomic mass is 16.4. The van der Waals surface area contributed by atoms with E-state index in [4.69, 9.17) is 10.8 Å². The molecular formula is C8H15NO2. The molecule has 1 unspecified atom stereocenters. The maximum absolute atomic E-state index is 10.3. The minimum atomic E-state index is -0.733. The summed E-state index contributed by atoms with van der Waals surface area (Å²) in [7, 11) is 0. The molecule has 0 heterocycles. The molecule has 11 heavy (non-hydrogen) atoms. The van der Waals surface area contributed by atoms with Crippen LogP contribution in [-0.4, -0.2) is 16.6 Å². The zero-order chi connectivity index (χ0) is 8.65. The fourth-order valence-corrected chi connectivity index (χ4v) is 1.55. The van der Waals surface area contributed by atoms with E-state index in [1.54, 1.807) is 0 Å². The third kappa shape index (κ3) is 1.53. The Hall–Kier alpha value is -0.570. The normalized spacial score (nSPS) is 35.8. The van der Waals surface area contributed by atoms with Gasteiger partial charge in [-0.1, -0.05) is 13.8 Å². The maximum atomic E-state index is 10.3. The van der Waals surface area contributed by atoms with Gasteiger partial charge < -0.3 is 10.8 Å². The van der Waals surface area contributed by atoms with E-state index in [2.05, 4.69) is 0 Å². The first-order valence-electron chi connectivity index (χ1n) is 3.97. The van der Waals surface area contributed by atoms with E-state index in [1.165, 1.54) is 0 Å². The summed E-state index contributed by atoms with van der Waals surface area (Å²) in [5.41, 5.74) is 5.74. The molecule has 0 radical (unpaired) electrons. The lowest BCUT2D eigenvalue weighted by atomic mass is 9.99. The van der Waals surface area contributed by atoms with Crippen LogP contribution in [0.2, 0.25) is 0 Å². The number of carboxylic acids is 1. The van der Waals surface area contributed by atoms with Gasteiger partial charge in [-0.25, -0.2) is 0 Å². The summed E-state index contributed by atoms with van der Waals surface area (Å²) in [5.74, 6) is -0.130.